The summed E-state index contributed by atoms with van der Waals surface area (Å²) >= 11 is 10.2. The average Bonchev–Trinajstić information content (AvgIpc) is 2.47. The van der Waals surface area contributed by atoms with Gasteiger partial charge in [0, 0.05) is 4.47 Å². The summed E-state index contributed by atoms with van der Waals surface area (Å²) in [6, 6.07) is 13.5. The third-order valence-electron chi connectivity index (χ3n) is 2.99. The van der Waals surface area contributed by atoms with E-state index in [-0.39, 0.29) is 18.6 Å². The molecule has 0 radical (unpaired) electrons. The maximum Gasteiger partial charge on any atom is 0.258 e. The summed E-state index contributed by atoms with van der Waals surface area (Å²) in [7, 11) is 0. The largest absolute Gasteiger partial charge is 0.481 e. The van der Waals surface area contributed by atoms with Gasteiger partial charge in [0.25, 0.3) is 5.91 Å². The van der Waals surface area contributed by atoms with Crippen LogP contribution in [0.5, 0.6) is 5.75 Å². The Morgan fingerprint density at radius 3 is 2.32 bits per heavy atom. The molecule has 2 rings (SSSR count). The van der Waals surface area contributed by atoms with Crippen molar-refractivity contribution in [3.8, 4) is 5.75 Å². The first-order valence-electron chi connectivity index (χ1n) is 6.59. The molecule has 2 aromatic carbocycles. The molecule has 0 aliphatic rings. The van der Waals surface area contributed by atoms with Crippen molar-refractivity contribution >= 4 is 53.7 Å². The number of benzene rings is 2. The number of halogens is 3. The highest BCUT2D eigenvalue weighted by Crippen LogP contribution is 2.36. The van der Waals surface area contributed by atoms with Crippen LogP contribution >= 0.6 is 47.8 Å². The van der Waals surface area contributed by atoms with Crippen LogP contribution in [0.25, 0.3) is 0 Å². The minimum Gasteiger partial charge on any atom is -0.481 e. The predicted molar refractivity (Wildman–Crippen MR) is 98.0 cm³/mol. The smallest absolute Gasteiger partial charge is 0.258 e. The van der Waals surface area contributed by atoms with Gasteiger partial charge in [0.1, 0.15) is 5.75 Å². The highest BCUT2D eigenvalue weighted by molar-refractivity contribution is 9.11. The first kappa shape index (κ1) is 17.5. The average molecular weight is 492 g/mol. The van der Waals surface area contributed by atoms with Crippen LogP contribution < -0.4 is 10.1 Å². The molecular formula is C16H14Br3NO2. The molecule has 0 bridgehead atoms. The predicted octanol–water partition coefficient (Wildman–Crippen LogP) is 5.23. The summed E-state index contributed by atoms with van der Waals surface area (Å²) in [4.78, 5) is 12.0. The van der Waals surface area contributed by atoms with Crippen LogP contribution in [0.15, 0.2) is 55.9 Å². The SMILES string of the molecule is CC(NC(=O)COc1c(Br)cc(Br)cc1Br)c1ccccc1. The number of rotatable bonds is 5. The van der Waals surface area contributed by atoms with Crippen LogP contribution in [0.4, 0.5) is 0 Å². The van der Waals surface area contributed by atoms with Crippen molar-refractivity contribution in [3.05, 3.63) is 61.4 Å². The fourth-order valence-electron chi connectivity index (χ4n) is 1.91. The van der Waals surface area contributed by atoms with Gasteiger partial charge in [0.2, 0.25) is 0 Å². The zero-order valence-corrected chi connectivity index (χ0v) is 16.5. The lowest BCUT2D eigenvalue weighted by Gasteiger charge is -2.15. The highest BCUT2D eigenvalue weighted by Gasteiger charge is 2.13. The van der Waals surface area contributed by atoms with Crippen LogP contribution in [0.2, 0.25) is 0 Å². The molecule has 0 saturated heterocycles. The van der Waals surface area contributed by atoms with Crippen molar-refractivity contribution in [1.29, 1.82) is 0 Å². The second-order valence-corrected chi connectivity index (χ2v) is 7.31. The summed E-state index contributed by atoms with van der Waals surface area (Å²) in [6.45, 7) is 1.90. The summed E-state index contributed by atoms with van der Waals surface area (Å²) < 4.78 is 8.06. The standard InChI is InChI=1S/C16H14Br3NO2/c1-10(11-5-3-2-4-6-11)20-15(21)9-22-16-13(18)7-12(17)8-14(16)19/h2-8,10H,9H2,1H3,(H,20,21). The summed E-state index contributed by atoms with van der Waals surface area (Å²) in [5.74, 6) is 0.434. The molecule has 0 spiro atoms. The molecule has 1 N–H and O–H groups in total. The molecule has 0 aromatic heterocycles. The van der Waals surface area contributed by atoms with E-state index >= 15 is 0 Å². The van der Waals surface area contributed by atoms with Crippen LogP contribution in [-0.2, 0) is 4.79 Å². The Bertz CT molecular complexity index is 639. The number of amides is 1. The van der Waals surface area contributed by atoms with Crippen molar-refractivity contribution in [2.24, 2.45) is 0 Å². The lowest BCUT2D eigenvalue weighted by molar-refractivity contribution is -0.123. The molecule has 1 amide bonds. The van der Waals surface area contributed by atoms with E-state index in [0.717, 1.165) is 19.0 Å². The lowest BCUT2D eigenvalue weighted by Crippen LogP contribution is -2.31. The third kappa shape index (κ3) is 4.83. The Kier molecular flexibility index (Phi) is 6.47. The van der Waals surface area contributed by atoms with E-state index in [4.69, 9.17) is 4.74 Å². The molecule has 0 saturated carbocycles. The van der Waals surface area contributed by atoms with E-state index in [1.807, 2.05) is 49.4 Å². The molecule has 22 heavy (non-hydrogen) atoms. The van der Waals surface area contributed by atoms with E-state index in [0.29, 0.717) is 5.75 Å². The van der Waals surface area contributed by atoms with Crippen molar-refractivity contribution in [1.82, 2.24) is 5.32 Å². The van der Waals surface area contributed by atoms with Gasteiger partial charge in [-0.1, -0.05) is 46.3 Å². The summed E-state index contributed by atoms with van der Waals surface area (Å²) in [6.07, 6.45) is 0. The van der Waals surface area contributed by atoms with Crippen LogP contribution in [-0.4, -0.2) is 12.5 Å². The minimum absolute atomic E-state index is 0.0456. The van der Waals surface area contributed by atoms with Crippen LogP contribution in [0.3, 0.4) is 0 Å². The van der Waals surface area contributed by atoms with Gasteiger partial charge in [-0.2, -0.15) is 0 Å². The first-order chi connectivity index (χ1) is 10.5. The Labute approximate surface area is 154 Å². The van der Waals surface area contributed by atoms with Gasteiger partial charge in [0.05, 0.1) is 15.0 Å². The van der Waals surface area contributed by atoms with E-state index < -0.39 is 0 Å². The number of hydrogen-bond acceptors (Lipinski definition) is 2. The van der Waals surface area contributed by atoms with Gasteiger partial charge in [-0.15, -0.1) is 0 Å². The Balaban J connectivity index is 1.94. The minimum atomic E-state index is -0.168. The molecule has 1 atom stereocenters. The second-order valence-electron chi connectivity index (χ2n) is 4.69. The number of carbonyl (C=O) groups is 1. The number of hydrogen-bond donors (Lipinski definition) is 1. The van der Waals surface area contributed by atoms with Crippen molar-refractivity contribution in [2.75, 3.05) is 6.61 Å². The molecule has 0 aliphatic carbocycles. The van der Waals surface area contributed by atoms with Gasteiger partial charge < -0.3 is 10.1 Å². The molecule has 6 heteroatoms. The van der Waals surface area contributed by atoms with E-state index in [1.54, 1.807) is 0 Å². The Morgan fingerprint density at radius 1 is 1.14 bits per heavy atom. The van der Waals surface area contributed by atoms with E-state index in [1.165, 1.54) is 0 Å². The lowest BCUT2D eigenvalue weighted by atomic mass is 10.1. The summed E-state index contributed by atoms with van der Waals surface area (Å²) in [5, 5.41) is 2.91. The number of carbonyl (C=O) groups excluding carboxylic acids is 1. The zero-order valence-electron chi connectivity index (χ0n) is 11.8. The van der Waals surface area contributed by atoms with Gasteiger partial charge >= 0.3 is 0 Å². The van der Waals surface area contributed by atoms with Crippen molar-refractivity contribution in [2.45, 2.75) is 13.0 Å². The van der Waals surface area contributed by atoms with Gasteiger partial charge in [0.15, 0.2) is 6.61 Å². The van der Waals surface area contributed by atoms with Crippen LogP contribution in [0.1, 0.15) is 18.5 Å². The normalized spacial score (nSPS) is 11.8. The van der Waals surface area contributed by atoms with Crippen LogP contribution in [0, 0.1) is 0 Å². The first-order valence-corrected chi connectivity index (χ1v) is 8.97. The molecule has 3 nitrogen and oxygen atoms in total. The molecule has 0 aliphatic heterocycles. The molecule has 1 unspecified atom stereocenters. The number of ether oxygens (including phenoxy) is 1. The van der Waals surface area contributed by atoms with E-state index in [9.17, 15) is 4.79 Å². The Morgan fingerprint density at radius 2 is 1.73 bits per heavy atom. The third-order valence-corrected chi connectivity index (χ3v) is 4.62. The summed E-state index contributed by atoms with van der Waals surface area (Å²) in [5.41, 5.74) is 1.06. The molecular weight excluding hydrogens is 478 g/mol. The monoisotopic (exact) mass is 489 g/mol. The topological polar surface area (TPSA) is 38.3 Å². The molecule has 0 heterocycles. The highest BCUT2D eigenvalue weighted by atomic mass is 79.9. The number of nitrogens with one attached hydrogen (secondary N) is 1. The zero-order chi connectivity index (χ0) is 16.1. The van der Waals surface area contributed by atoms with Gasteiger partial charge in [-0.25, -0.2) is 0 Å². The maximum absolute atomic E-state index is 12.0. The fraction of sp³-hybridized carbons (Fsp3) is 0.188. The quantitative estimate of drug-likeness (QED) is 0.622. The molecule has 116 valence electrons. The van der Waals surface area contributed by atoms with Crippen molar-refractivity contribution in [3.63, 3.8) is 0 Å². The second kappa shape index (κ2) is 8.13. The maximum atomic E-state index is 12.0. The molecule has 0 fully saturated rings. The van der Waals surface area contributed by atoms with Gasteiger partial charge in [-0.05, 0) is 56.5 Å². The van der Waals surface area contributed by atoms with Gasteiger partial charge in [-0.3, -0.25) is 4.79 Å². The molecule has 2 aromatic rings. The van der Waals surface area contributed by atoms with Crippen molar-refractivity contribution < 1.29 is 9.53 Å². The van der Waals surface area contributed by atoms with E-state index in [2.05, 4.69) is 53.1 Å². The fourth-order valence-corrected chi connectivity index (χ4v) is 4.40. The Hall–Kier alpha value is -0.850.